The van der Waals surface area contributed by atoms with Gasteiger partial charge in [0.25, 0.3) is 0 Å². The van der Waals surface area contributed by atoms with E-state index in [1.807, 2.05) is 0 Å². The maximum atomic E-state index is 12.6. The Morgan fingerprint density at radius 1 is 1.09 bits per heavy atom. The Labute approximate surface area is 119 Å². The fourth-order valence-electron chi connectivity index (χ4n) is 1.24. The van der Waals surface area contributed by atoms with Gasteiger partial charge in [-0.25, -0.2) is 9.59 Å². The van der Waals surface area contributed by atoms with Crippen molar-refractivity contribution in [3.8, 4) is 5.75 Å². The summed E-state index contributed by atoms with van der Waals surface area (Å²) in [4.78, 5) is 33.2. The van der Waals surface area contributed by atoms with E-state index in [0.717, 1.165) is 19.1 Å². The van der Waals surface area contributed by atoms with Gasteiger partial charge >= 0.3 is 24.0 Å². The van der Waals surface area contributed by atoms with Crippen LogP contribution in [0.3, 0.4) is 0 Å². The summed E-state index contributed by atoms with van der Waals surface area (Å²) in [6, 6.07) is 2.58. The summed E-state index contributed by atoms with van der Waals surface area (Å²) in [6.45, 7) is 1.07. The monoisotopic (exact) mass is 326 g/mol. The Morgan fingerprint density at radius 2 is 1.64 bits per heavy atom. The number of phenolic OH excluding ortho intramolecular Hbond substituents is 1. The van der Waals surface area contributed by atoms with E-state index in [4.69, 9.17) is 0 Å². The van der Waals surface area contributed by atoms with E-state index < -0.39 is 41.1 Å². The van der Waals surface area contributed by atoms with Crippen molar-refractivity contribution < 1.29 is 46.2 Å². The number of hydrogen-bond donors (Lipinski definition) is 1. The molecular weight excluding hydrogens is 319 g/mol. The molecule has 0 fully saturated rings. The summed E-state index contributed by atoms with van der Waals surface area (Å²) in [5, 5.41) is 9.33. The molecule has 0 bridgehead atoms. The summed E-state index contributed by atoms with van der Waals surface area (Å²) >= 11 is 0. The zero-order valence-electron chi connectivity index (χ0n) is 10.7. The largest absolute Gasteiger partial charge is 0.507 e. The van der Waals surface area contributed by atoms with E-state index in [0.29, 0.717) is 6.07 Å². The van der Waals surface area contributed by atoms with Gasteiger partial charge in [-0.3, -0.25) is 4.79 Å². The highest BCUT2D eigenvalue weighted by atomic mass is 19.4. The standard InChI is InChI=1S/C12H7F5O5/c1-5(18)6-2-3-8(19)7(4-6)9(20)22-10(21)11(13,14)12(15,16)17/h2-4,19H,1H3. The Balaban J connectivity index is 3.06. The van der Waals surface area contributed by atoms with Crippen LogP contribution >= 0.6 is 0 Å². The second-order valence-electron chi connectivity index (χ2n) is 4.04. The number of carbonyl (C=O) groups excluding carboxylic acids is 3. The van der Waals surface area contributed by atoms with Crippen molar-refractivity contribution in [2.45, 2.75) is 19.0 Å². The number of halogens is 5. The molecule has 0 aliphatic carbocycles. The second-order valence-corrected chi connectivity index (χ2v) is 4.04. The van der Waals surface area contributed by atoms with Crippen LogP contribution in [-0.2, 0) is 9.53 Å². The molecule has 0 unspecified atom stereocenters. The summed E-state index contributed by atoms with van der Waals surface area (Å²) in [5.74, 6) is -12.4. The third-order valence-corrected chi connectivity index (χ3v) is 2.42. The van der Waals surface area contributed by atoms with Crippen molar-refractivity contribution in [3.05, 3.63) is 29.3 Å². The quantitative estimate of drug-likeness (QED) is 0.399. The van der Waals surface area contributed by atoms with Crippen LogP contribution < -0.4 is 0 Å². The molecule has 5 nitrogen and oxygen atoms in total. The number of phenols is 1. The van der Waals surface area contributed by atoms with E-state index in [2.05, 4.69) is 4.74 Å². The summed E-state index contributed by atoms with van der Waals surface area (Å²) in [7, 11) is 0. The number of esters is 2. The number of hydrogen-bond acceptors (Lipinski definition) is 5. The number of Topliss-reactive ketones (excluding diaryl/α,β-unsaturated/α-hetero) is 1. The van der Waals surface area contributed by atoms with E-state index in [9.17, 15) is 41.4 Å². The zero-order chi connectivity index (χ0) is 17.3. The lowest BCUT2D eigenvalue weighted by atomic mass is 10.1. The predicted molar refractivity (Wildman–Crippen MR) is 59.5 cm³/mol. The van der Waals surface area contributed by atoms with Crippen LogP contribution in [0.2, 0.25) is 0 Å². The fourth-order valence-corrected chi connectivity index (χ4v) is 1.24. The molecule has 1 N–H and O–H groups in total. The minimum Gasteiger partial charge on any atom is -0.507 e. The number of aromatic hydroxyl groups is 1. The molecule has 22 heavy (non-hydrogen) atoms. The minimum atomic E-state index is -6.24. The topological polar surface area (TPSA) is 80.7 Å². The highest BCUT2D eigenvalue weighted by Gasteiger charge is 2.65. The molecule has 0 aliphatic rings. The fraction of sp³-hybridized carbons (Fsp3) is 0.250. The van der Waals surface area contributed by atoms with Crippen LogP contribution in [0.4, 0.5) is 22.0 Å². The van der Waals surface area contributed by atoms with Crippen molar-refractivity contribution in [1.29, 1.82) is 0 Å². The van der Waals surface area contributed by atoms with Gasteiger partial charge in [-0.15, -0.1) is 0 Å². The highest BCUT2D eigenvalue weighted by Crippen LogP contribution is 2.36. The Morgan fingerprint density at radius 3 is 2.09 bits per heavy atom. The lowest BCUT2D eigenvalue weighted by Crippen LogP contribution is -2.45. The van der Waals surface area contributed by atoms with Gasteiger partial charge in [0.15, 0.2) is 5.78 Å². The summed E-state index contributed by atoms with van der Waals surface area (Å²) in [6.07, 6.45) is -6.24. The molecule has 0 aliphatic heterocycles. The van der Waals surface area contributed by atoms with Gasteiger partial charge in [-0.05, 0) is 25.1 Å². The maximum absolute atomic E-state index is 12.6. The van der Waals surface area contributed by atoms with E-state index in [-0.39, 0.29) is 5.56 Å². The first-order valence-corrected chi connectivity index (χ1v) is 5.43. The summed E-state index contributed by atoms with van der Waals surface area (Å²) < 4.78 is 64.5. The lowest BCUT2D eigenvalue weighted by Gasteiger charge is -2.17. The first-order chi connectivity index (χ1) is 9.87. The molecular formula is C12H7F5O5. The molecule has 10 heteroatoms. The number of rotatable bonds is 3. The third-order valence-electron chi connectivity index (χ3n) is 2.42. The first-order valence-electron chi connectivity index (χ1n) is 5.43. The molecule has 0 saturated heterocycles. The van der Waals surface area contributed by atoms with E-state index >= 15 is 0 Å². The lowest BCUT2D eigenvalue weighted by molar-refractivity contribution is -0.277. The smallest absolute Gasteiger partial charge is 0.465 e. The molecule has 0 atom stereocenters. The van der Waals surface area contributed by atoms with Crippen LogP contribution in [0, 0.1) is 0 Å². The normalized spacial score (nSPS) is 11.9. The van der Waals surface area contributed by atoms with Crippen LogP contribution in [0.5, 0.6) is 5.75 Å². The van der Waals surface area contributed by atoms with E-state index in [1.54, 1.807) is 0 Å². The number of benzene rings is 1. The van der Waals surface area contributed by atoms with Crippen molar-refractivity contribution in [2.24, 2.45) is 0 Å². The van der Waals surface area contributed by atoms with Gasteiger partial charge < -0.3 is 9.84 Å². The average molecular weight is 326 g/mol. The number of ether oxygens (including phenoxy) is 1. The molecule has 0 aromatic heterocycles. The molecule has 1 aromatic carbocycles. The van der Waals surface area contributed by atoms with Gasteiger partial charge in [-0.2, -0.15) is 22.0 Å². The second kappa shape index (κ2) is 5.70. The predicted octanol–water partition coefficient (Wildman–Crippen LogP) is 2.48. The molecule has 0 spiro atoms. The molecule has 1 aromatic rings. The molecule has 0 radical (unpaired) electrons. The molecule has 0 heterocycles. The molecule has 0 amide bonds. The van der Waals surface area contributed by atoms with Crippen LogP contribution in [0.25, 0.3) is 0 Å². The average Bonchev–Trinajstić information content (AvgIpc) is 2.37. The van der Waals surface area contributed by atoms with Gasteiger partial charge in [0.2, 0.25) is 0 Å². The molecule has 0 saturated carbocycles. The van der Waals surface area contributed by atoms with Gasteiger partial charge in [0.05, 0.1) is 0 Å². The SMILES string of the molecule is CC(=O)c1ccc(O)c(C(=O)OC(=O)C(F)(F)C(F)(F)F)c1. The van der Waals surface area contributed by atoms with Crippen molar-refractivity contribution in [3.63, 3.8) is 0 Å². The Kier molecular flexibility index (Phi) is 4.54. The third kappa shape index (κ3) is 3.38. The highest BCUT2D eigenvalue weighted by molar-refractivity contribution is 6.03. The molecule has 1 rings (SSSR count). The van der Waals surface area contributed by atoms with E-state index in [1.165, 1.54) is 0 Å². The molecule has 120 valence electrons. The number of carbonyl (C=O) groups is 3. The van der Waals surface area contributed by atoms with Crippen molar-refractivity contribution >= 4 is 17.7 Å². The van der Waals surface area contributed by atoms with Crippen LogP contribution in [0.1, 0.15) is 27.6 Å². The Bertz CT molecular complexity index is 635. The maximum Gasteiger partial charge on any atom is 0.465 e. The number of alkyl halides is 5. The Hall–Kier alpha value is -2.52. The zero-order valence-corrected chi connectivity index (χ0v) is 10.7. The first kappa shape index (κ1) is 17.5. The number of ketones is 1. The van der Waals surface area contributed by atoms with Gasteiger partial charge in [0, 0.05) is 5.56 Å². The minimum absolute atomic E-state index is 0.153. The van der Waals surface area contributed by atoms with Gasteiger partial charge in [0.1, 0.15) is 11.3 Å². The van der Waals surface area contributed by atoms with Crippen molar-refractivity contribution in [2.75, 3.05) is 0 Å². The summed E-state index contributed by atoms with van der Waals surface area (Å²) in [5.41, 5.74) is -1.06. The van der Waals surface area contributed by atoms with Crippen LogP contribution in [-0.4, -0.2) is 34.9 Å². The van der Waals surface area contributed by atoms with Crippen LogP contribution in [0.15, 0.2) is 18.2 Å². The van der Waals surface area contributed by atoms with Gasteiger partial charge in [-0.1, -0.05) is 0 Å². The van der Waals surface area contributed by atoms with Crippen molar-refractivity contribution in [1.82, 2.24) is 0 Å².